The van der Waals surface area contributed by atoms with E-state index in [1.165, 1.54) is 19.1 Å². The van der Waals surface area contributed by atoms with Gasteiger partial charge in [-0.05, 0) is 57.0 Å². The zero-order chi connectivity index (χ0) is 20.9. The SMILES string of the molecule is CC(=O)c1ccc2c(c1)OCC(C)(N1CCC(c3noc4cc(F)ccc34)CC1)O2. The van der Waals surface area contributed by atoms with Gasteiger partial charge < -0.3 is 14.0 Å². The van der Waals surface area contributed by atoms with Crippen molar-refractivity contribution in [2.45, 2.75) is 38.3 Å². The summed E-state index contributed by atoms with van der Waals surface area (Å²) in [6.07, 6.45) is 1.79. The first-order chi connectivity index (χ1) is 14.4. The number of fused-ring (bicyclic) bond motifs is 2. The molecule has 2 aliphatic heterocycles. The molecule has 1 saturated heterocycles. The van der Waals surface area contributed by atoms with Crippen molar-refractivity contribution in [1.29, 1.82) is 0 Å². The second kappa shape index (κ2) is 7.09. The van der Waals surface area contributed by atoms with E-state index in [1.807, 2.05) is 6.92 Å². The molecule has 0 radical (unpaired) electrons. The van der Waals surface area contributed by atoms with E-state index in [0.717, 1.165) is 37.0 Å². The second-order valence-corrected chi connectivity index (χ2v) is 8.25. The standard InChI is InChI=1S/C23H23FN2O4/c1-14(27)16-3-6-19-21(11-16)28-13-23(2,29-19)26-9-7-15(8-10-26)22-18-5-4-17(24)12-20(18)30-25-22/h3-6,11-12,15H,7-10,13H2,1-2H3. The Kier molecular flexibility index (Phi) is 4.50. The van der Waals surface area contributed by atoms with E-state index in [4.69, 9.17) is 14.0 Å². The highest BCUT2D eigenvalue weighted by Gasteiger charge is 2.41. The molecule has 1 unspecified atom stereocenters. The maximum atomic E-state index is 13.4. The monoisotopic (exact) mass is 410 g/mol. The Bertz CT molecular complexity index is 1120. The van der Waals surface area contributed by atoms with Crippen molar-refractivity contribution in [3.63, 3.8) is 0 Å². The lowest BCUT2D eigenvalue weighted by molar-refractivity contribution is -0.122. The highest BCUT2D eigenvalue weighted by atomic mass is 19.1. The van der Waals surface area contributed by atoms with Crippen molar-refractivity contribution >= 4 is 16.8 Å². The van der Waals surface area contributed by atoms with E-state index in [0.29, 0.717) is 29.3 Å². The number of Topliss-reactive ketones (excluding diaryl/α,β-unsaturated/α-hetero) is 1. The Morgan fingerprint density at radius 2 is 1.97 bits per heavy atom. The van der Waals surface area contributed by atoms with Crippen LogP contribution in [0.5, 0.6) is 11.5 Å². The minimum atomic E-state index is -0.579. The number of aromatic nitrogens is 1. The number of ether oxygens (including phenoxy) is 2. The molecule has 1 fully saturated rings. The zero-order valence-electron chi connectivity index (χ0n) is 17.0. The number of carbonyl (C=O) groups excluding carboxylic acids is 1. The Balaban J connectivity index is 1.30. The first-order valence-electron chi connectivity index (χ1n) is 10.2. The third-order valence-corrected chi connectivity index (χ3v) is 6.19. The summed E-state index contributed by atoms with van der Waals surface area (Å²) in [4.78, 5) is 13.9. The predicted molar refractivity (Wildman–Crippen MR) is 108 cm³/mol. The van der Waals surface area contributed by atoms with Gasteiger partial charge in [0.05, 0.1) is 5.69 Å². The Morgan fingerprint density at radius 1 is 1.17 bits per heavy atom. The summed E-state index contributed by atoms with van der Waals surface area (Å²) in [5, 5.41) is 5.11. The fourth-order valence-electron chi connectivity index (χ4n) is 4.41. The van der Waals surface area contributed by atoms with Crippen LogP contribution in [-0.4, -0.2) is 41.3 Å². The number of piperidine rings is 1. The number of hydrogen-bond donors (Lipinski definition) is 0. The molecule has 156 valence electrons. The maximum absolute atomic E-state index is 13.4. The zero-order valence-corrected chi connectivity index (χ0v) is 17.0. The molecule has 0 N–H and O–H groups in total. The number of benzene rings is 2. The van der Waals surface area contributed by atoms with Crippen molar-refractivity contribution in [3.05, 3.63) is 53.5 Å². The predicted octanol–water partition coefficient (Wildman–Crippen LogP) is 4.54. The summed E-state index contributed by atoms with van der Waals surface area (Å²) in [6.45, 7) is 5.59. The molecule has 30 heavy (non-hydrogen) atoms. The van der Waals surface area contributed by atoms with Crippen LogP contribution in [0.4, 0.5) is 4.39 Å². The molecular formula is C23H23FN2O4. The van der Waals surface area contributed by atoms with Gasteiger partial charge in [0.25, 0.3) is 0 Å². The summed E-state index contributed by atoms with van der Waals surface area (Å²) in [6, 6.07) is 9.87. The van der Waals surface area contributed by atoms with Gasteiger partial charge in [-0.1, -0.05) is 5.16 Å². The van der Waals surface area contributed by atoms with E-state index in [2.05, 4.69) is 10.1 Å². The van der Waals surface area contributed by atoms with Crippen molar-refractivity contribution in [2.24, 2.45) is 0 Å². The Morgan fingerprint density at radius 3 is 2.73 bits per heavy atom. The van der Waals surface area contributed by atoms with Gasteiger partial charge in [-0.15, -0.1) is 0 Å². The number of likely N-dealkylation sites (tertiary alicyclic amines) is 1. The molecule has 0 spiro atoms. The third-order valence-electron chi connectivity index (χ3n) is 6.19. The van der Waals surface area contributed by atoms with E-state index in [1.54, 1.807) is 24.3 Å². The lowest BCUT2D eigenvalue weighted by Gasteiger charge is -2.46. The van der Waals surface area contributed by atoms with Crippen LogP contribution in [0.15, 0.2) is 40.9 Å². The van der Waals surface area contributed by atoms with Crippen LogP contribution in [0.25, 0.3) is 11.0 Å². The van der Waals surface area contributed by atoms with Gasteiger partial charge in [-0.3, -0.25) is 9.69 Å². The molecule has 7 heteroatoms. The molecule has 5 rings (SSSR count). The van der Waals surface area contributed by atoms with E-state index in [9.17, 15) is 9.18 Å². The normalized spacial score (nSPS) is 22.4. The van der Waals surface area contributed by atoms with Gasteiger partial charge in [0.15, 0.2) is 28.6 Å². The third kappa shape index (κ3) is 3.23. The van der Waals surface area contributed by atoms with Crippen molar-refractivity contribution in [1.82, 2.24) is 10.1 Å². The highest BCUT2D eigenvalue weighted by molar-refractivity contribution is 5.94. The van der Waals surface area contributed by atoms with Crippen LogP contribution in [0.3, 0.4) is 0 Å². The lowest BCUT2D eigenvalue weighted by Crippen LogP contribution is -2.58. The van der Waals surface area contributed by atoms with Gasteiger partial charge in [-0.25, -0.2) is 4.39 Å². The largest absolute Gasteiger partial charge is 0.484 e. The van der Waals surface area contributed by atoms with E-state index < -0.39 is 5.72 Å². The van der Waals surface area contributed by atoms with Gasteiger partial charge >= 0.3 is 0 Å². The molecule has 0 bridgehead atoms. The van der Waals surface area contributed by atoms with Crippen LogP contribution in [0.2, 0.25) is 0 Å². The number of rotatable bonds is 3. The molecule has 3 heterocycles. The average molecular weight is 410 g/mol. The van der Waals surface area contributed by atoms with Crippen LogP contribution >= 0.6 is 0 Å². The minimum Gasteiger partial charge on any atom is -0.484 e. The smallest absolute Gasteiger partial charge is 0.194 e. The first-order valence-corrected chi connectivity index (χ1v) is 10.2. The number of ketones is 1. The Hall–Kier alpha value is -2.93. The van der Waals surface area contributed by atoms with Crippen LogP contribution in [0, 0.1) is 5.82 Å². The maximum Gasteiger partial charge on any atom is 0.194 e. The number of hydrogen-bond acceptors (Lipinski definition) is 6. The fraction of sp³-hybridized carbons (Fsp3) is 0.391. The van der Waals surface area contributed by atoms with Crippen LogP contribution in [-0.2, 0) is 0 Å². The molecule has 1 aromatic heterocycles. The summed E-state index contributed by atoms with van der Waals surface area (Å²) in [5.74, 6) is 1.20. The van der Waals surface area contributed by atoms with Gasteiger partial charge in [0, 0.05) is 36.0 Å². The van der Waals surface area contributed by atoms with Gasteiger partial charge in [0.2, 0.25) is 0 Å². The van der Waals surface area contributed by atoms with Gasteiger partial charge in [0.1, 0.15) is 12.4 Å². The number of nitrogens with zero attached hydrogens (tertiary/aromatic N) is 2. The fourth-order valence-corrected chi connectivity index (χ4v) is 4.41. The molecular weight excluding hydrogens is 387 g/mol. The van der Waals surface area contributed by atoms with Crippen molar-refractivity contribution in [2.75, 3.05) is 19.7 Å². The van der Waals surface area contributed by atoms with Crippen LogP contribution < -0.4 is 9.47 Å². The van der Waals surface area contributed by atoms with Crippen molar-refractivity contribution in [3.8, 4) is 11.5 Å². The lowest BCUT2D eigenvalue weighted by atomic mass is 9.90. The second-order valence-electron chi connectivity index (χ2n) is 8.25. The van der Waals surface area contributed by atoms with Gasteiger partial charge in [-0.2, -0.15) is 0 Å². The first kappa shape index (κ1) is 19.1. The number of carbonyl (C=O) groups is 1. The molecule has 0 aliphatic carbocycles. The average Bonchev–Trinajstić information content (AvgIpc) is 3.16. The molecule has 0 amide bonds. The molecule has 6 nitrogen and oxygen atoms in total. The minimum absolute atomic E-state index is 0.0000685. The molecule has 2 aliphatic rings. The quantitative estimate of drug-likeness (QED) is 0.591. The van der Waals surface area contributed by atoms with Crippen LogP contribution in [0.1, 0.15) is 48.7 Å². The number of halogens is 1. The molecule has 3 aromatic rings. The molecule has 0 saturated carbocycles. The highest BCUT2D eigenvalue weighted by Crippen LogP contribution is 2.40. The summed E-state index contributed by atoms with van der Waals surface area (Å²) >= 11 is 0. The van der Waals surface area contributed by atoms with Crippen molar-refractivity contribution < 1.29 is 23.2 Å². The molecule has 2 aromatic carbocycles. The summed E-state index contributed by atoms with van der Waals surface area (Å²) < 4.78 is 31.0. The van der Waals surface area contributed by atoms with E-state index in [-0.39, 0.29) is 17.5 Å². The Labute approximate surface area is 173 Å². The van der Waals surface area contributed by atoms with E-state index >= 15 is 0 Å². The topological polar surface area (TPSA) is 64.8 Å². The summed E-state index contributed by atoms with van der Waals surface area (Å²) in [7, 11) is 0. The molecule has 1 atom stereocenters. The summed E-state index contributed by atoms with van der Waals surface area (Å²) in [5.41, 5.74) is 1.43.